The van der Waals surface area contributed by atoms with Gasteiger partial charge in [0.2, 0.25) is 5.91 Å². The third-order valence-corrected chi connectivity index (χ3v) is 3.16. The van der Waals surface area contributed by atoms with E-state index in [1.807, 2.05) is 23.1 Å². The van der Waals surface area contributed by atoms with E-state index in [9.17, 15) is 4.79 Å². The minimum atomic E-state index is -0.0554. The van der Waals surface area contributed by atoms with E-state index in [1.165, 1.54) is 5.56 Å². The third-order valence-electron chi connectivity index (χ3n) is 3.16. The standard InChI is InChI=1S/C13H17NO/c1-10(15)14-12-7-5-4-6-11(12)8-9-13(14,2)3/h4-7H,8-9H2,1-3H3. The summed E-state index contributed by atoms with van der Waals surface area (Å²) in [4.78, 5) is 13.6. The lowest BCUT2D eigenvalue weighted by Crippen LogP contribution is -2.50. The summed E-state index contributed by atoms with van der Waals surface area (Å²) in [6.07, 6.45) is 2.09. The fraction of sp³-hybridized carbons (Fsp3) is 0.462. The molecule has 0 unspecified atom stereocenters. The lowest BCUT2D eigenvalue weighted by Gasteiger charge is -2.43. The van der Waals surface area contributed by atoms with Gasteiger partial charge < -0.3 is 4.90 Å². The number of carbonyl (C=O) groups is 1. The lowest BCUT2D eigenvalue weighted by atomic mass is 9.87. The second-order valence-electron chi connectivity index (χ2n) is 4.80. The van der Waals surface area contributed by atoms with E-state index in [4.69, 9.17) is 0 Å². The van der Waals surface area contributed by atoms with E-state index in [2.05, 4.69) is 19.9 Å². The topological polar surface area (TPSA) is 20.3 Å². The molecule has 1 aliphatic heterocycles. The van der Waals surface area contributed by atoms with Crippen LogP contribution < -0.4 is 4.90 Å². The highest BCUT2D eigenvalue weighted by Gasteiger charge is 2.34. The quantitative estimate of drug-likeness (QED) is 0.635. The normalized spacial score (nSPS) is 18.5. The maximum atomic E-state index is 11.7. The molecule has 1 aromatic rings. The van der Waals surface area contributed by atoms with Gasteiger partial charge in [0.05, 0.1) is 0 Å². The van der Waals surface area contributed by atoms with Crippen LogP contribution in [-0.4, -0.2) is 11.4 Å². The largest absolute Gasteiger partial charge is 0.307 e. The van der Waals surface area contributed by atoms with Crippen LogP contribution in [0.3, 0.4) is 0 Å². The molecule has 1 amide bonds. The molecule has 0 bridgehead atoms. The van der Waals surface area contributed by atoms with Gasteiger partial charge in [0.15, 0.2) is 0 Å². The summed E-state index contributed by atoms with van der Waals surface area (Å²) in [5, 5.41) is 0. The van der Waals surface area contributed by atoms with Gasteiger partial charge in [-0.2, -0.15) is 0 Å². The fourth-order valence-corrected chi connectivity index (χ4v) is 2.41. The average Bonchev–Trinajstić information content (AvgIpc) is 2.15. The van der Waals surface area contributed by atoms with Gasteiger partial charge in [0.1, 0.15) is 0 Å². The Morgan fingerprint density at radius 2 is 2.00 bits per heavy atom. The Morgan fingerprint density at radius 3 is 2.67 bits per heavy atom. The summed E-state index contributed by atoms with van der Waals surface area (Å²) in [6, 6.07) is 8.18. The van der Waals surface area contributed by atoms with Crippen molar-refractivity contribution in [2.45, 2.75) is 39.2 Å². The van der Waals surface area contributed by atoms with Gasteiger partial charge in [-0.15, -0.1) is 0 Å². The Bertz CT molecular complexity index is 395. The Labute approximate surface area is 90.9 Å². The van der Waals surface area contributed by atoms with E-state index in [0.717, 1.165) is 18.5 Å². The number of anilines is 1. The van der Waals surface area contributed by atoms with Gasteiger partial charge in [-0.05, 0) is 38.3 Å². The van der Waals surface area contributed by atoms with E-state index in [1.54, 1.807) is 6.92 Å². The number of hydrogen-bond acceptors (Lipinski definition) is 1. The molecule has 0 N–H and O–H groups in total. The van der Waals surface area contributed by atoms with E-state index in [-0.39, 0.29) is 11.4 Å². The summed E-state index contributed by atoms with van der Waals surface area (Å²) in [6.45, 7) is 5.90. The average molecular weight is 203 g/mol. The molecule has 2 rings (SSSR count). The maximum Gasteiger partial charge on any atom is 0.224 e. The monoisotopic (exact) mass is 203 g/mol. The van der Waals surface area contributed by atoms with Crippen molar-refractivity contribution in [2.75, 3.05) is 4.90 Å². The van der Waals surface area contributed by atoms with Crippen LogP contribution >= 0.6 is 0 Å². The van der Waals surface area contributed by atoms with Crippen molar-refractivity contribution < 1.29 is 4.79 Å². The molecule has 1 aliphatic rings. The van der Waals surface area contributed by atoms with Crippen LogP contribution in [-0.2, 0) is 11.2 Å². The highest BCUT2D eigenvalue weighted by molar-refractivity contribution is 5.94. The molecule has 0 atom stereocenters. The third kappa shape index (κ3) is 1.65. The molecule has 0 saturated carbocycles. The minimum Gasteiger partial charge on any atom is -0.307 e. The van der Waals surface area contributed by atoms with Gasteiger partial charge in [0, 0.05) is 18.2 Å². The predicted octanol–water partition coefficient (Wildman–Crippen LogP) is 2.76. The number of hydrogen-bond donors (Lipinski definition) is 0. The zero-order valence-corrected chi connectivity index (χ0v) is 9.58. The highest BCUT2D eigenvalue weighted by Crippen LogP contribution is 2.36. The smallest absolute Gasteiger partial charge is 0.224 e. The Kier molecular flexibility index (Phi) is 2.29. The van der Waals surface area contributed by atoms with Crippen molar-refractivity contribution in [3.8, 4) is 0 Å². The summed E-state index contributed by atoms with van der Waals surface area (Å²) in [7, 11) is 0. The number of fused-ring (bicyclic) bond motifs is 1. The van der Waals surface area contributed by atoms with Crippen molar-refractivity contribution in [1.29, 1.82) is 0 Å². The second-order valence-corrected chi connectivity index (χ2v) is 4.80. The Hall–Kier alpha value is -1.31. The molecule has 80 valence electrons. The summed E-state index contributed by atoms with van der Waals surface area (Å²) < 4.78 is 0. The Morgan fingerprint density at radius 1 is 1.33 bits per heavy atom. The van der Waals surface area contributed by atoms with Gasteiger partial charge >= 0.3 is 0 Å². The van der Waals surface area contributed by atoms with Crippen molar-refractivity contribution in [1.82, 2.24) is 0 Å². The first kappa shape index (κ1) is 10.2. The van der Waals surface area contributed by atoms with Crippen LogP contribution in [0.2, 0.25) is 0 Å². The molecule has 0 fully saturated rings. The van der Waals surface area contributed by atoms with Crippen LogP contribution in [0.1, 0.15) is 32.8 Å². The van der Waals surface area contributed by atoms with E-state index < -0.39 is 0 Å². The molecule has 2 heteroatoms. The van der Waals surface area contributed by atoms with Crippen molar-refractivity contribution in [3.05, 3.63) is 29.8 Å². The molecular weight excluding hydrogens is 186 g/mol. The molecule has 0 saturated heterocycles. The van der Waals surface area contributed by atoms with E-state index >= 15 is 0 Å². The fourth-order valence-electron chi connectivity index (χ4n) is 2.41. The van der Waals surface area contributed by atoms with Gasteiger partial charge in [-0.3, -0.25) is 4.79 Å². The molecule has 0 radical (unpaired) electrons. The number of amides is 1. The predicted molar refractivity (Wildman–Crippen MR) is 62.0 cm³/mol. The first-order valence-electron chi connectivity index (χ1n) is 5.41. The second kappa shape index (κ2) is 3.37. The van der Waals surface area contributed by atoms with Crippen LogP contribution in [0.15, 0.2) is 24.3 Å². The molecule has 1 aromatic carbocycles. The summed E-state index contributed by atoms with van der Waals surface area (Å²) >= 11 is 0. The number of para-hydroxylation sites is 1. The van der Waals surface area contributed by atoms with Gasteiger partial charge in [0.25, 0.3) is 0 Å². The maximum absolute atomic E-state index is 11.7. The first-order valence-corrected chi connectivity index (χ1v) is 5.41. The van der Waals surface area contributed by atoms with Crippen molar-refractivity contribution >= 4 is 11.6 Å². The first-order chi connectivity index (χ1) is 7.02. The lowest BCUT2D eigenvalue weighted by molar-refractivity contribution is -0.117. The van der Waals surface area contributed by atoms with Crippen molar-refractivity contribution in [2.24, 2.45) is 0 Å². The van der Waals surface area contributed by atoms with E-state index in [0.29, 0.717) is 0 Å². The zero-order chi connectivity index (χ0) is 11.1. The number of benzene rings is 1. The van der Waals surface area contributed by atoms with Crippen LogP contribution in [0, 0.1) is 0 Å². The molecule has 1 heterocycles. The zero-order valence-electron chi connectivity index (χ0n) is 9.58. The summed E-state index contributed by atoms with van der Waals surface area (Å²) in [5.74, 6) is 0.132. The van der Waals surface area contributed by atoms with Crippen LogP contribution in [0.5, 0.6) is 0 Å². The highest BCUT2D eigenvalue weighted by atomic mass is 16.2. The van der Waals surface area contributed by atoms with Crippen LogP contribution in [0.4, 0.5) is 5.69 Å². The molecular formula is C13H17NO. The summed E-state index contributed by atoms with van der Waals surface area (Å²) in [5.41, 5.74) is 2.31. The van der Waals surface area contributed by atoms with Crippen LogP contribution in [0.25, 0.3) is 0 Å². The van der Waals surface area contributed by atoms with Gasteiger partial charge in [-0.1, -0.05) is 18.2 Å². The molecule has 0 spiro atoms. The minimum absolute atomic E-state index is 0.0554. The number of rotatable bonds is 0. The molecule has 0 aromatic heterocycles. The molecule has 15 heavy (non-hydrogen) atoms. The van der Waals surface area contributed by atoms with Crippen molar-refractivity contribution in [3.63, 3.8) is 0 Å². The molecule has 0 aliphatic carbocycles. The van der Waals surface area contributed by atoms with Gasteiger partial charge in [-0.25, -0.2) is 0 Å². The number of aryl methyl sites for hydroxylation is 1. The number of carbonyl (C=O) groups excluding carboxylic acids is 1. The molecule has 2 nitrogen and oxygen atoms in total. The SMILES string of the molecule is CC(=O)N1c2ccccc2CCC1(C)C. The number of nitrogens with zero attached hydrogens (tertiary/aromatic N) is 1. The Balaban J connectivity index is 2.53.